The normalized spacial score (nSPS) is 14.2. The van der Waals surface area contributed by atoms with Gasteiger partial charge in [0, 0.05) is 42.0 Å². The molecule has 0 fully saturated rings. The monoisotopic (exact) mass is 307 g/mol. The average molecular weight is 307 g/mol. The first-order valence-corrected chi connectivity index (χ1v) is 8.47. The molecule has 0 bridgehead atoms. The summed E-state index contributed by atoms with van der Waals surface area (Å²) in [5.41, 5.74) is 2.35. The van der Waals surface area contributed by atoms with E-state index in [4.69, 9.17) is 0 Å². The van der Waals surface area contributed by atoms with Crippen molar-refractivity contribution in [2.75, 3.05) is 13.1 Å². The number of thiazole rings is 1. The topological polar surface area (TPSA) is 45.2 Å². The van der Waals surface area contributed by atoms with Crippen molar-refractivity contribution >= 4 is 28.7 Å². The Labute approximate surface area is 126 Å². The minimum absolute atomic E-state index is 0.0372. The molecular weight excluding hydrogens is 290 g/mol. The summed E-state index contributed by atoms with van der Waals surface area (Å²) in [6, 6.07) is 2.16. The van der Waals surface area contributed by atoms with Crippen LogP contribution in [0.3, 0.4) is 0 Å². The smallest absolute Gasteiger partial charge is 0.317 e. The highest BCUT2D eigenvalue weighted by atomic mass is 32.1. The van der Waals surface area contributed by atoms with Gasteiger partial charge in [0.1, 0.15) is 0 Å². The van der Waals surface area contributed by atoms with E-state index in [9.17, 15) is 4.79 Å². The highest BCUT2D eigenvalue weighted by Gasteiger charge is 2.20. The molecule has 0 aromatic carbocycles. The Balaban J connectivity index is 1.48. The summed E-state index contributed by atoms with van der Waals surface area (Å²) in [5, 5.41) is 8.22. The van der Waals surface area contributed by atoms with Gasteiger partial charge in [0.15, 0.2) is 0 Å². The van der Waals surface area contributed by atoms with Crippen molar-refractivity contribution < 1.29 is 4.79 Å². The lowest BCUT2D eigenvalue weighted by molar-refractivity contribution is 0.193. The molecule has 1 N–H and O–H groups in total. The second-order valence-corrected chi connectivity index (χ2v) is 6.85. The van der Waals surface area contributed by atoms with Gasteiger partial charge in [-0.1, -0.05) is 0 Å². The molecule has 2 aromatic rings. The number of carbonyl (C=O) groups is 1. The number of nitrogens with one attached hydrogen (secondary N) is 1. The van der Waals surface area contributed by atoms with Crippen LogP contribution in [0, 0.1) is 6.92 Å². The Morgan fingerprint density at radius 3 is 3.20 bits per heavy atom. The summed E-state index contributed by atoms with van der Waals surface area (Å²) in [6.45, 7) is 4.19. The molecule has 0 radical (unpaired) electrons. The van der Waals surface area contributed by atoms with E-state index in [-0.39, 0.29) is 6.03 Å². The van der Waals surface area contributed by atoms with Crippen LogP contribution in [0.2, 0.25) is 0 Å². The van der Waals surface area contributed by atoms with Gasteiger partial charge in [0.2, 0.25) is 0 Å². The highest BCUT2D eigenvalue weighted by molar-refractivity contribution is 7.10. The SMILES string of the molecule is Cc1csc(CCNC(=O)N2CCc3sccc3C2)n1. The molecule has 0 atom stereocenters. The van der Waals surface area contributed by atoms with E-state index in [0.29, 0.717) is 6.54 Å². The van der Waals surface area contributed by atoms with Crippen molar-refractivity contribution in [1.82, 2.24) is 15.2 Å². The van der Waals surface area contributed by atoms with Gasteiger partial charge in [-0.25, -0.2) is 9.78 Å². The zero-order chi connectivity index (χ0) is 13.9. The second-order valence-electron chi connectivity index (χ2n) is 4.91. The van der Waals surface area contributed by atoms with E-state index >= 15 is 0 Å². The minimum Gasteiger partial charge on any atom is -0.338 e. The van der Waals surface area contributed by atoms with Crippen molar-refractivity contribution in [1.29, 1.82) is 0 Å². The Morgan fingerprint density at radius 2 is 2.40 bits per heavy atom. The van der Waals surface area contributed by atoms with Crippen molar-refractivity contribution in [2.24, 2.45) is 0 Å². The Hall–Kier alpha value is -1.40. The summed E-state index contributed by atoms with van der Waals surface area (Å²) in [6.07, 6.45) is 1.79. The first-order valence-electron chi connectivity index (χ1n) is 6.71. The van der Waals surface area contributed by atoms with Crippen LogP contribution in [-0.4, -0.2) is 29.0 Å². The molecule has 6 heteroatoms. The zero-order valence-corrected chi connectivity index (χ0v) is 13.0. The number of hydrogen-bond donors (Lipinski definition) is 1. The summed E-state index contributed by atoms with van der Waals surface area (Å²) >= 11 is 3.45. The van der Waals surface area contributed by atoms with Gasteiger partial charge in [-0.05, 0) is 30.4 Å². The fourth-order valence-corrected chi connectivity index (χ4v) is 3.99. The number of fused-ring (bicyclic) bond motifs is 1. The van der Waals surface area contributed by atoms with Gasteiger partial charge >= 0.3 is 6.03 Å². The number of urea groups is 1. The maximum Gasteiger partial charge on any atom is 0.317 e. The minimum atomic E-state index is 0.0372. The third kappa shape index (κ3) is 3.02. The molecule has 0 unspecified atom stereocenters. The second kappa shape index (κ2) is 5.93. The van der Waals surface area contributed by atoms with Gasteiger partial charge in [-0.15, -0.1) is 22.7 Å². The van der Waals surface area contributed by atoms with E-state index in [1.807, 2.05) is 17.2 Å². The standard InChI is InChI=1S/C14H17N3OS2/c1-10-9-20-13(16-10)2-5-15-14(18)17-6-3-12-11(8-17)4-7-19-12/h4,7,9H,2-3,5-6,8H2,1H3,(H,15,18). The van der Waals surface area contributed by atoms with Crippen molar-refractivity contribution in [3.63, 3.8) is 0 Å². The van der Waals surface area contributed by atoms with Crippen LogP contribution in [0.4, 0.5) is 4.79 Å². The number of aryl methyl sites for hydroxylation is 1. The molecule has 106 valence electrons. The van der Waals surface area contributed by atoms with Crippen LogP contribution in [-0.2, 0) is 19.4 Å². The Bertz CT molecular complexity index is 605. The first kappa shape index (κ1) is 13.6. The molecule has 0 saturated heterocycles. The lowest BCUT2D eigenvalue weighted by Gasteiger charge is -2.27. The van der Waals surface area contributed by atoms with Gasteiger partial charge < -0.3 is 10.2 Å². The van der Waals surface area contributed by atoms with Crippen LogP contribution in [0.15, 0.2) is 16.8 Å². The van der Waals surface area contributed by atoms with Gasteiger partial charge in [-0.2, -0.15) is 0 Å². The number of carbonyl (C=O) groups excluding carboxylic acids is 1. The molecule has 3 heterocycles. The van der Waals surface area contributed by atoms with Gasteiger partial charge in [0.25, 0.3) is 0 Å². The number of aromatic nitrogens is 1. The van der Waals surface area contributed by atoms with E-state index < -0.39 is 0 Å². The van der Waals surface area contributed by atoms with Crippen molar-refractivity contribution in [2.45, 2.75) is 26.3 Å². The fourth-order valence-electron chi connectivity index (χ4n) is 2.33. The molecule has 4 nitrogen and oxygen atoms in total. The predicted octanol–water partition coefficient (Wildman–Crippen LogP) is 2.82. The van der Waals surface area contributed by atoms with E-state index in [1.165, 1.54) is 10.4 Å². The summed E-state index contributed by atoms with van der Waals surface area (Å²) in [5.74, 6) is 0. The van der Waals surface area contributed by atoms with Gasteiger partial charge in [-0.3, -0.25) is 0 Å². The van der Waals surface area contributed by atoms with Crippen LogP contribution in [0.5, 0.6) is 0 Å². The van der Waals surface area contributed by atoms with Crippen LogP contribution in [0.1, 0.15) is 21.1 Å². The Kier molecular flexibility index (Phi) is 4.03. The quantitative estimate of drug-likeness (QED) is 0.947. The molecule has 0 saturated carbocycles. The molecule has 1 aliphatic heterocycles. The number of rotatable bonds is 3. The number of hydrogen-bond acceptors (Lipinski definition) is 4. The van der Waals surface area contributed by atoms with Crippen LogP contribution < -0.4 is 5.32 Å². The molecule has 3 rings (SSSR count). The predicted molar refractivity (Wildman–Crippen MR) is 82.4 cm³/mol. The maximum absolute atomic E-state index is 12.1. The molecular formula is C14H17N3OS2. The maximum atomic E-state index is 12.1. The Morgan fingerprint density at radius 1 is 1.50 bits per heavy atom. The largest absolute Gasteiger partial charge is 0.338 e. The van der Waals surface area contributed by atoms with Crippen molar-refractivity contribution in [3.05, 3.63) is 38.0 Å². The van der Waals surface area contributed by atoms with E-state index in [1.54, 1.807) is 22.7 Å². The van der Waals surface area contributed by atoms with E-state index in [2.05, 4.69) is 21.7 Å². The molecule has 1 aliphatic rings. The number of nitrogens with zero attached hydrogens (tertiary/aromatic N) is 2. The molecule has 2 amide bonds. The average Bonchev–Trinajstić information content (AvgIpc) is 3.06. The first-order chi connectivity index (χ1) is 9.72. The lowest BCUT2D eigenvalue weighted by Crippen LogP contribution is -2.43. The molecule has 0 aliphatic carbocycles. The zero-order valence-electron chi connectivity index (χ0n) is 11.4. The van der Waals surface area contributed by atoms with E-state index in [0.717, 1.165) is 36.6 Å². The fraction of sp³-hybridized carbons (Fsp3) is 0.429. The van der Waals surface area contributed by atoms with Crippen molar-refractivity contribution in [3.8, 4) is 0 Å². The summed E-state index contributed by atoms with van der Waals surface area (Å²) in [7, 11) is 0. The number of thiophene rings is 1. The lowest BCUT2D eigenvalue weighted by atomic mass is 10.1. The van der Waals surface area contributed by atoms with Crippen LogP contribution in [0.25, 0.3) is 0 Å². The summed E-state index contributed by atoms with van der Waals surface area (Å²) in [4.78, 5) is 19.8. The summed E-state index contributed by atoms with van der Waals surface area (Å²) < 4.78 is 0. The third-order valence-electron chi connectivity index (χ3n) is 3.38. The molecule has 20 heavy (non-hydrogen) atoms. The van der Waals surface area contributed by atoms with Gasteiger partial charge in [0.05, 0.1) is 5.01 Å². The molecule has 0 spiro atoms. The molecule has 2 aromatic heterocycles. The third-order valence-corrected chi connectivity index (χ3v) is 5.43. The van der Waals surface area contributed by atoms with Crippen LogP contribution >= 0.6 is 22.7 Å². The number of amides is 2. The highest BCUT2D eigenvalue weighted by Crippen LogP contribution is 2.23.